The summed E-state index contributed by atoms with van der Waals surface area (Å²) in [5, 5.41) is 0. The molecule has 1 aromatic heterocycles. The summed E-state index contributed by atoms with van der Waals surface area (Å²) < 4.78 is 5.53. The smallest absolute Gasteiger partial charge is 0.260 e. The number of para-hydroxylation sites is 1. The summed E-state index contributed by atoms with van der Waals surface area (Å²) in [4.78, 5) is 34.2. The van der Waals surface area contributed by atoms with Crippen LogP contribution in [0, 0.1) is 6.92 Å². The van der Waals surface area contributed by atoms with Crippen molar-refractivity contribution in [1.82, 2.24) is 14.9 Å². The highest BCUT2D eigenvalue weighted by molar-refractivity contribution is 5.78. The van der Waals surface area contributed by atoms with Crippen LogP contribution in [0.2, 0.25) is 0 Å². The Bertz CT molecular complexity index is 1040. The highest BCUT2D eigenvalue weighted by atomic mass is 16.5. The molecule has 0 bridgehead atoms. The van der Waals surface area contributed by atoms with Gasteiger partial charge in [0.05, 0.1) is 17.8 Å². The standard InChI is InChI=1S/C22H21N3O3/c1-15-7-9-16(10-8-15)21-23-19-11-12-25(13-18(19)22(27)24-21)20(26)14-28-17-5-3-2-4-6-17/h2-10H,11-14H2,1H3,(H,23,24,27). The number of ether oxygens (including phenoxy) is 1. The number of nitrogens with one attached hydrogen (secondary N) is 1. The van der Waals surface area contributed by atoms with Crippen molar-refractivity contribution in [1.29, 1.82) is 0 Å². The van der Waals surface area contributed by atoms with Crippen LogP contribution in [0.1, 0.15) is 16.8 Å². The predicted octanol–water partition coefficient (Wildman–Crippen LogP) is 2.71. The van der Waals surface area contributed by atoms with Crippen LogP contribution in [0.4, 0.5) is 0 Å². The van der Waals surface area contributed by atoms with E-state index >= 15 is 0 Å². The quantitative estimate of drug-likeness (QED) is 0.761. The summed E-state index contributed by atoms with van der Waals surface area (Å²) >= 11 is 0. The van der Waals surface area contributed by atoms with Crippen LogP contribution in [0.15, 0.2) is 59.4 Å². The Kier molecular flexibility index (Phi) is 4.93. The number of amides is 1. The maximum Gasteiger partial charge on any atom is 0.260 e. The van der Waals surface area contributed by atoms with Gasteiger partial charge in [-0.15, -0.1) is 0 Å². The van der Waals surface area contributed by atoms with Gasteiger partial charge < -0.3 is 14.6 Å². The first-order valence-corrected chi connectivity index (χ1v) is 9.25. The number of benzene rings is 2. The topological polar surface area (TPSA) is 75.3 Å². The van der Waals surface area contributed by atoms with Gasteiger partial charge in [0.2, 0.25) is 0 Å². The summed E-state index contributed by atoms with van der Waals surface area (Å²) in [5.41, 5.74) is 3.14. The zero-order chi connectivity index (χ0) is 19.5. The minimum Gasteiger partial charge on any atom is -0.484 e. The molecule has 1 amide bonds. The van der Waals surface area contributed by atoms with Crippen LogP contribution in [-0.4, -0.2) is 33.9 Å². The Morgan fingerprint density at radius 2 is 1.89 bits per heavy atom. The second-order valence-electron chi connectivity index (χ2n) is 6.87. The highest BCUT2D eigenvalue weighted by Gasteiger charge is 2.25. The molecule has 0 saturated heterocycles. The Morgan fingerprint density at radius 3 is 2.64 bits per heavy atom. The number of rotatable bonds is 4. The largest absolute Gasteiger partial charge is 0.484 e. The third kappa shape index (κ3) is 3.81. The highest BCUT2D eigenvalue weighted by Crippen LogP contribution is 2.19. The molecule has 28 heavy (non-hydrogen) atoms. The number of carbonyl (C=O) groups is 1. The zero-order valence-corrected chi connectivity index (χ0v) is 15.6. The van der Waals surface area contributed by atoms with E-state index in [0.717, 1.165) is 16.8 Å². The van der Waals surface area contributed by atoms with E-state index in [9.17, 15) is 9.59 Å². The van der Waals surface area contributed by atoms with E-state index in [1.165, 1.54) is 0 Å². The normalized spacial score (nSPS) is 13.1. The molecule has 0 fully saturated rings. The molecule has 6 heteroatoms. The monoisotopic (exact) mass is 375 g/mol. The van der Waals surface area contributed by atoms with Crippen molar-refractivity contribution in [2.24, 2.45) is 0 Å². The summed E-state index contributed by atoms with van der Waals surface area (Å²) in [5.74, 6) is 1.07. The summed E-state index contributed by atoms with van der Waals surface area (Å²) in [6, 6.07) is 17.1. The molecule has 0 spiro atoms. The van der Waals surface area contributed by atoms with E-state index in [-0.39, 0.29) is 24.6 Å². The molecule has 2 aromatic carbocycles. The van der Waals surface area contributed by atoms with Crippen molar-refractivity contribution < 1.29 is 9.53 Å². The van der Waals surface area contributed by atoms with Crippen molar-refractivity contribution >= 4 is 5.91 Å². The van der Waals surface area contributed by atoms with Crippen molar-refractivity contribution in [3.8, 4) is 17.1 Å². The summed E-state index contributed by atoms with van der Waals surface area (Å²) in [6.07, 6.45) is 0.551. The number of hydrogen-bond donors (Lipinski definition) is 1. The fourth-order valence-electron chi connectivity index (χ4n) is 3.24. The predicted molar refractivity (Wildman–Crippen MR) is 106 cm³/mol. The van der Waals surface area contributed by atoms with E-state index in [1.807, 2.05) is 49.4 Å². The van der Waals surface area contributed by atoms with Gasteiger partial charge in [0.15, 0.2) is 6.61 Å². The maximum atomic E-state index is 12.6. The van der Waals surface area contributed by atoms with Crippen LogP contribution in [0.25, 0.3) is 11.4 Å². The Hall–Kier alpha value is -3.41. The molecule has 0 aliphatic carbocycles. The first kappa shape index (κ1) is 18.0. The number of H-pyrrole nitrogens is 1. The van der Waals surface area contributed by atoms with E-state index in [2.05, 4.69) is 9.97 Å². The third-order valence-electron chi connectivity index (χ3n) is 4.85. The molecule has 142 valence electrons. The number of fused-ring (bicyclic) bond motifs is 1. The van der Waals surface area contributed by atoms with Crippen molar-refractivity contribution in [2.45, 2.75) is 19.9 Å². The van der Waals surface area contributed by atoms with Crippen LogP contribution >= 0.6 is 0 Å². The van der Waals surface area contributed by atoms with E-state index in [1.54, 1.807) is 17.0 Å². The lowest BCUT2D eigenvalue weighted by Crippen LogP contribution is -2.41. The minimum absolute atomic E-state index is 0.0495. The fourth-order valence-corrected chi connectivity index (χ4v) is 3.24. The number of aromatic amines is 1. The maximum absolute atomic E-state index is 12.6. The molecule has 6 nitrogen and oxygen atoms in total. The number of nitrogens with zero attached hydrogens (tertiary/aromatic N) is 2. The van der Waals surface area contributed by atoms with Crippen LogP contribution in [0.3, 0.4) is 0 Å². The molecule has 0 saturated carbocycles. The zero-order valence-electron chi connectivity index (χ0n) is 15.6. The van der Waals surface area contributed by atoms with Gasteiger partial charge in [-0.25, -0.2) is 4.98 Å². The lowest BCUT2D eigenvalue weighted by atomic mass is 10.1. The molecule has 0 atom stereocenters. The van der Waals surface area contributed by atoms with E-state index in [0.29, 0.717) is 30.1 Å². The Balaban J connectivity index is 1.48. The second-order valence-corrected chi connectivity index (χ2v) is 6.87. The van der Waals surface area contributed by atoms with Crippen molar-refractivity contribution in [3.05, 3.63) is 81.8 Å². The van der Waals surface area contributed by atoms with Gasteiger partial charge in [0.25, 0.3) is 11.5 Å². The molecule has 1 N–H and O–H groups in total. The van der Waals surface area contributed by atoms with Crippen molar-refractivity contribution in [3.63, 3.8) is 0 Å². The third-order valence-corrected chi connectivity index (χ3v) is 4.85. The number of hydrogen-bond acceptors (Lipinski definition) is 4. The van der Waals surface area contributed by atoms with Crippen molar-refractivity contribution in [2.75, 3.05) is 13.2 Å². The molecule has 1 aliphatic rings. The van der Waals surface area contributed by atoms with Crippen LogP contribution in [0.5, 0.6) is 5.75 Å². The van der Waals surface area contributed by atoms with Gasteiger partial charge in [0, 0.05) is 18.5 Å². The minimum atomic E-state index is -0.193. The number of aryl methyl sites for hydroxylation is 1. The Labute approximate surface area is 162 Å². The van der Waals surface area contributed by atoms with Crippen LogP contribution in [-0.2, 0) is 17.8 Å². The lowest BCUT2D eigenvalue weighted by Gasteiger charge is -2.27. The van der Waals surface area contributed by atoms with Gasteiger partial charge >= 0.3 is 0 Å². The van der Waals surface area contributed by atoms with Gasteiger partial charge in [0.1, 0.15) is 11.6 Å². The van der Waals surface area contributed by atoms with E-state index in [4.69, 9.17) is 4.74 Å². The second kappa shape index (κ2) is 7.68. The molecular formula is C22H21N3O3. The molecule has 4 rings (SSSR count). The van der Waals surface area contributed by atoms with E-state index < -0.39 is 0 Å². The summed E-state index contributed by atoms with van der Waals surface area (Å²) in [6.45, 7) is 2.74. The first-order chi connectivity index (χ1) is 13.6. The Morgan fingerprint density at radius 1 is 1.14 bits per heavy atom. The molecule has 1 aliphatic heterocycles. The first-order valence-electron chi connectivity index (χ1n) is 9.25. The van der Waals surface area contributed by atoms with Gasteiger partial charge in [-0.3, -0.25) is 9.59 Å². The summed E-state index contributed by atoms with van der Waals surface area (Å²) in [7, 11) is 0. The average Bonchev–Trinajstić information content (AvgIpc) is 2.73. The molecule has 3 aromatic rings. The average molecular weight is 375 g/mol. The fraction of sp³-hybridized carbons (Fsp3) is 0.227. The van der Waals surface area contributed by atoms with Gasteiger partial charge in [-0.05, 0) is 19.1 Å². The molecule has 0 radical (unpaired) electrons. The SMILES string of the molecule is Cc1ccc(-c2nc3c(c(=O)[nH]2)CN(C(=O)COc2ccccc2)CC3)cc1. The number of aromatic nitrogens is 2. The molecular weight excluding hydrogens is 354 g/mol. The van der Waals surface area contributed by atoms with Gasteiger partial charge in [-0.2, -0.15) is 0 Å². The lowest BCUT2D eigenvalue weighted by molar-refractivity contribution is -0.134. The number of carbonyl (C=O) groups excluding carboxylic acids is 1. The van der Waals surface area contributed by atoms with Crippen LogP contribution < -0.4 is 10.3 Å². The molecule has 2 heterocycles. The molecule has 0 unspecified atom stereocenters. The van der Waals surface area contributed by atoms with Gasteiger partial charge in [-0.1, -0.05) is 48.0 Å².